The van der Waals surface area contributed by atoms with Gasteiger partial charge < -0.3 is 42.6 Å². The van der Waals surface area contributed by atoms with Gasteiger partial charge in [0.25, 0.3) is 0 Å². The summed E-state index contributed by atoms with van der Waals surface area (Å²) in [6.07, 6.45) is 3.72. The highest BCUT2D eigenvalue weighted by Gasteiger charge is 2.54. The first-order valence-corrected chi connectivity index (χ1v) is 54.1. The van der Waals surface area contributed by atoms with Gasteiger partial charge >= 0.3 is 21.4 Å². The molecule has 3 saturated heterocycles. The molecule has 0 unspecified atom stereocenters. The van der Waals surface area contributed by atoms with Gasteiger partial charge in [0.05, 0.1) is 33.6 Å². The summed E-state index contributed by atoms with van der Waals surface area (Å²) < 4.78 is 53.7. The molecule has 0 saturated carbocycles. The van der Waals surface area contributed by atoms with E-state index in [1.807, 2.05) is 80.4 Å². The van der Waals surface area contributed by atoms with Crippen LogP contribution >= 0.6 is 68.0 Å². The molecule has 10 nitrogen and oxygen atoms in total. The van der Waals surface area contributed by atoms with Crippen LogP contribution in [0.1, 0.15) is 83.1 Å². The van der Waals surface area contributed by atoms with Gasteiger partial charge in [-0.1, -0.05) is 218 Å². The molecule has 0 spiro atoms. The number of nitrogens with zero attached hydrogens (tertiary/aromatic N) is 4. The van der Waals surface area contributed by atoms with E-state index < -0.39 is 0 Å². The van der Waals surface area contributed by atoms with Gasteiger partial charge in [0.2, 0.25) is 0 Å². The molecule has 144 heavy (non-hydrogen) atoms. The average molecular weight is 1980 g/mol. The van der Waals surface area contributed by atoms with E-state index >= 15 is 0 Å². The van der Waals surface area contributed by atoms with E-state index in [0.717, 1.165) is 67.6 Å². The largest absolute Gasteiger partial charge is 0.494 e. The van der Waals surface area contributed by atoms with Crippen molar-refractivity contribution >= 4 is 278 Å². The summed E-state index contributed by atoms with van der Waals surface area (Å²) in [6.45, 7) is 25.3. The van der Waals surface area contributed by atoms with Crippen molar-refractivity contribution in [3.8, 4) is 33.4 Å². The third-order valence-corrected chi connectivity index (χ3v) is 37.2. The maximum absolute atomic E-state index is 6.40. The standard InChI is InChI=1S/2C42H34BNO2S2.C41H33BN2O2S2/c1-41(2)42(3,4)46-43(45-41)28-20-22-38-35(24-28)33-21-19-27(23-39(33)47-38)34-25-31(26-36-32-17-11-12-18-37(32)48-40(34)36)44(29-13-7-5-8-14-29)30-15-9-6-10-16-30;1-41(2)42(3,4)46-43(45-41)28-20-22-34-33-21-19-27(23-38(33)47-39(34)24-28)35-25-31(26-36-32-17-11-12-18-37(32)48-40(35)36)44(29-13-7-5-8-14-29)30-15-9-6-10-16-30;1-40(2)41(3,4)46-42(45-40)27-15-17-33-32-16-14-26(22-37(32)47-38(33)23-27)34-24-30(25-35-31-12-8-9-13-36(31)48-39(34)35)44(28-10-6-5-7-11-28)29-18-20-43-21-19-29/h2*5-26H,1-4H3;5-25H,1-4H3. The molecule has 0 bridgehead atoms. The van der Waals surface area contributed by atoms with E-state index in [9.17, 15) is 0 Å². The minimum atomic E-state index is -0.380. The lowest BCUT2D eigenvalue weighted by atomic mass is 9.78. The summed E-state index contributed by atoms with van der Waals surface area (Å²) in [5.41, 5.74) is 18.4. The molecule has 3 fully saturated rings. The Labute approximate surface area is 863 Å². The second-order valence-corrected chi connectivity index (χ2v) is 47.2. The quantitative estimate of drug-likeness (QED) is 0.0926. The zero-order valence-electron chi connectivity index (χ0n) is 81.9. The molecule has 702 valence electrons. The van der Waals surface area contributed by atoms with Crippen LogP contribution in [0.3, 0.4) is 0 Å². The first kappa shape index (κ1) is 91.7. The third kappa shape index (κ3) is 16.3. The summed E-state index contributed by atoms with van der Waals surface area (Å²) in [5, 5.41) is 15.3. The van der Waals surface area contributed by atoms with Crippen LogP contribution < -0.4 is 31.1 Å². The van der Waals surface area contributed by atoms with E-state index in [0.29, 0.717) is 0 Å². The highest BCUT2D eigenvalue weighted by Crippen LogP contribution is 2.54. The number of aromatic nitrogens is 1. The molecule has 10 heterocycles. The van der Waals surface area contributed by atoms with Gasteiger partial charge in [-0.05, 0) is 285 Å². The van der Waals surface area contributed by atoms with Gasteiger partial charge in [-0.2, -0.15) is 0 Å². The van der Waals surface area contributed by atoms with Crippen LogP contribution in [0.4, 0.5) is 51.2 Å². The van der Waals surface area contributed by atoms with Gasteiger partial charge in [0, 0.05) is 196 Å². The summed E-state index contributed by atoms with van der Waals surface area (Å²) in [7, 11) is -1.13. The van der Waals surface area contributed by atoms with Crippen LogP contribution in [0.15, 0.2) is 395 Å². The molecular formula is C125H101B3N4O6S6. The smallest absolute Gasteiger partial charge is 0.399 e. The third-order valence-electron chi connectivity index (χ3n) is 30.2. The van der Waals surface area contributed by atoms with Crippen molar-refractivity contribution in [2.45, 2.75) is 117 Å². The maximum atomic E-state index is 6.40. The molecule has 0 atom stereocenters. The maximum Gasteiger partial charge on any atom is 0.494 e. The fourth-order valence-electron chi connectivity index (χ4n) is 20.4. The topological polar surface area (TPSA) is 78.0 Å². The molecule has 3 aliphatic rings. The summed E-state index contributed by atoms with van der Waals surface area (Å²) in [6, 6.07) is 139. The van der Waals surface area contributed by atoms with E-state index in [2.05, 4.69) is 485 Å². The van der Waals surface area contributed by atoms with Crippen molar-refractivity contribution in [2.75, 3.05) is 14.7 Å². The van der Waals surface area contributed by atoms with Crippen LogP contribution in [0.2, 0.25) is 0 Å². The molecule has 27 rings (SSSR count). The van der Waals surface area contributed by atoms with Crippen molar-refractivity contribution in [2.24, 2.45) is 0 Å². The number of rotatable bonds is 15. The number of benzene rings is 17. The molecule has 7 aromatic heterocycles. The van der Waals surface area contributed by atoms with Gasteiger partial charge in [-0.3, -0.25) is 4.98 Å². The van der Waals surface area contributed by atoms with E-state index in [-0.39, 0.29) is 55.0 Å². The Balaban J connectivity index is 0.000000113. The van der Waals surface area contributed by atoms with Crippen molar-refractivity contribution in [3.63, 3.8) is 0 Å². The van der Waals surface area contributed by atoms with Crippen LogP contribution in [0.25, 0.3) is 154 Å². The van der Waals surface area contributed by atoms with Crippen LogP contribution in [-0.2, 0) is 27.9 Å². The molecule has 24 aromatic rings. The number of pyridine rings is 1. The van der Waals surface area contributed by atoms with Gasteiger partial charge in [0.1, 0.15) is 0 Å². The Morgan fingerprint density at radius 3 is 0.736 bits per heavy atom. The van der Waals surface area contributed by atoms with Crippen LogP contribution in [-0.4, -0.2) is 59.9 Å². The lowest BCUT2D eigenvalue weighted by molar-refractivity contribution is 0.00578. The molecule has 3 aliphatic heterocycles. The minimum Gasteiger partial charge on any atom is -0.399 e. The number of fused-ring (bicyclic) bond motifs is 18. The molecule has 19 heteroatoms. The Morgan fingerprint density at radius 1 is 0.188 bits per heavy atom. The summed E-state index contributed by atoms with van der Waals surface area (Å²) in [5.74, 6) is 0. The molecule has 0 N–H and O–H groups in total. The second kappa shape index (κ2) is 35.8. The second-order valence-electron chi connectivity index (χ2n) is 40.8. The van der Waals surface area contributed by atoms with Crippen LogP contribution in [0, 0.1) is 0 Å². The van der Waals surface area contributed by atoms with Gasteiger partial charge in [0.15, 0.2) is 0 Å². The number of hydrogen-bond acceptors (Lipinski definition) is 16. The van der Waals surface area contributed by atoms with Crippen molar-refractivity contribution in [3.05, 3.63) is 395 Å². The van der Waals surface area contributed by atoms with E-state index in [4.69, 9.17) is 27.9 Å². The first-order chi connectivity index (χ1) is 69.8. The molecule has 0 radical (unpaired) electrons. The minimum absolute atomic E-state index is 0.370. The number of anilines is 9. The Hall–Kier alpha value is -13.4. The van der Waals surface area contributed by atoms with Crippen LogP contribution in [0.5, 0.6) is 0 Å². The summed E-state index contributed by atoms with van der Waals surface area (Å²) in [4.78, 5) is 11.4. The monoisotopic (exact) mass is 1980 g/mol. The Bertz CT molecular complexity index is 8320. The average Bonchev–Trinajstić information content (AvgIpc) is 1.57. The summed E-state index contributed by atoms with van der Waals surface area (Å²) >= 11 is 11.1. The Kier molecular flexibility index (Phi) is 22.8. The Morgan fingerprint density at radius 2 is 0.424 bits per heavy atom. The number of thiophene rings is 6. The lowest BCUT2D eigenvalue weighted by Crippen LogP contribution is -2.41. The van der Waals surface area contributed by atoms with Gasteiger partial charge in [-0.15, -0.1) is 68.0 Å². The number of para-hydroxylation sites is 5. The number of hydrogen-bond donors (Lipinski definition) is 0. The molecule has 0 amide bonds. The fourth-order valence-corrected chi connectivity index (χ4v) is 27.6. The predicted octanol–water partition coefficient (Wildman–Crippen LogP) is 35.0. The van der Waals surface area contributed by atoms with E-state index in [1.165, 1.54) is 154 Å². The normalized spacial score (nSPS) is 15.6. The molecular weight excluding hydrogens is 1880 g/mol. The predicted molar refractivity (Wildman–Crippen MR) is 622 cm³/mol. The van der Waals surface area contributed by atoms with E-state index in [1.54, 1.807) is 0 Å². The molecule has 0 aliphatic carbocycles. The van der Waals surface area contributed by atoms with Gasteiger partial charge in [-0.25, -0.2) is 0 Å². The van der Waals surface area contributed by atoms with Crippen molar-refractivity contribution in [1.29, 1.82) is 0 Å². The zero-order valence-corrected chi connectivity index (χ0v) is 86.8. The fraction of sp³-hybridized carbons (Fsp3) is 0.144. The lowest BCUT2D eigenvalue weighted by Gasteiger charge is -2.32. The molecule has 17 aromatic carbocycles. The first-order valence-electron chi connectivity index (χ1n) is 49.2. The highest BCUT2D eigenvalue weighted by molar-refractivity contribution is 7.28. The van der Waals surface area contributed by atoms with Crippen molar-refractivity contribution < 1.29 is 27.9 Å². The van der Waals surface area contributed by atoms with Crippen molar-refractivity contribution in [1.82, 2.24) is 4.98 Å². The zero-order chi connectivity index (χ0) is 97.9. The highest BCUT2D eigenvalue weighted by atomic mass is 32.1. The SMILES string of the molecule is CC1(C)OB(c2ccc3c(c2)sc2cc(-c4cc(N(c5ccccc5)c5ccccc5)cc5c4sc4ccccc45)ccc23)OC1(C)C.CC1(C)OB(c2ccc3c(c2)sc2cc(-c4cc(N(c5ccccc5)c5ccncc5)cc5c4sc4ccccc45)ccc23)OC1(C)C.CC1(C)OB(c2ccc3sc4cc(-c5cc(N(c6ccccc6)c6ccccc6)cc6c5sc5ccccc56)ccc4c3c2)OC1(C)C.